The molecule has 11 nitrogen and oxygen atoms in total. The number of hydrogen-bond donors (Lipinski definition) is 5. The Balaban J connectivity index is 1.51. The highest BCUT2D eigenvalue weighted by molar-refractivity contribution is 6.12. The van der Waals surface area contributed by atoms with Gasteiger partial charge in [0.05, 0.1) is 12.9 Å². The number of aromatic amines is 1. The van der Waals surface area contributed by atoms with Gasteiger partial charge < -0.3 is 20.1 Å². The molecule has 164 valence electrons. The van der Waals surface area contributed by atoms with Gasteiger partial charge in [0.15, 0.2) is 17.4 Å². The zero-order valence-electron chi connectivity index (χ0n) is 16.5. The summed E-state index contributed by atoms with van der Waals surface area (Å²) in [7, 11) is 0. The Kier molecular flexibility index (Phi) is 4.94. The van der Waals surface area contributed by atoms with E-state index in [1.54, 1.807) is 12.1 Å². The van der Waals surface area contributed by atoms with Crippen molar-refractivity contribution in [3.8, 4) is 0 Å². The highest BCUT2D eigenvalue weighted by Crippen LogP contribution is 2.31. The van der Waals surface area contributed by atoms with E-state index in [4.69, 9.17) is 4.74 Å². The van der Waals surface area contributed by atoms with E-state index in [-0.39, 0.29) is 17.1 Å². The number of nitrogens with one attached hydrogen (secondary N) is 2. The summed E-state index contributed by atoms with van der Waals surface area (Å²) in [6.07, 6.45) is -3.58. The van der Waals surface area contributed by atoms with Crippen molar-refractivity contribution in [1.82, 2.24) is 19.5 Å². The SMILES string of the molecule is O=C(Nc1nc2c(ncn2C2OC(CO)C(O)C2O)c(=O)[nH]1)c1cccc2ccccc12. The van der Waals surface area contributed by atoms with E-state index in [9.17, 15) is 24.9 Å². The van der Waals surface area contributed by atoms with Gasteiger partial charge in [0.25, 0.3) is 11.5 Å². The summed E-state index contributed by atoms with van der Waals surface area (Å²) >= 11 is 0. The molecule has 11 heteroatoms. The van der Waals surface area contributed by atoms with E-state index in [1.807, 2.05) is 30.3 Å². The molecule has 1 amide bonds. The lowest BCUT2D eigenvalue weighted by Crippen LogP contribution is -2.33. The first-order valence-corrected chi connectivity index (χ1v) is 9.86. The van der Waals surface area contributed by atoms with Crippen LogP contribution in [0.2, 0.25) is 0 Å². The Morgan fingerprint density at radius 2 is 1.94 bits per heavy atom. The topological polar surface area (TPSA) is 163 Å². The smallest absolute Gasteiger partial charge is 0.280 e. The third-order valence-electron chi connectivity index (χ3n) is 5.49. The molecule has 0 aliphatic carbocycles. The molecular weight excluding hydrogens is 418 g/mol. The number of carbonyl (C=O) groups excluding carboxylic acids is 1. The number of aliphatic hydroxyl groups is 3. The van der Waals surface area contributed by atoms with Crippen molar-refractivity contribution >= 4 is 33.8 Å². The second-order valence-electron chi connectivity index (χ2n) is 7.45. The third kappa shape index (κ3) is 3.24. The summed E-state index contributed by atoms with van der Waals surface area (Å²) < 4.78 is 6.78. The molecule has 1 fully saturated rings. The molecule has 4 aromatic rings. The van der Waals surface area contributed by atoms with Gasteiger partial charge in [0.2, 0.25) is 5.95 Å². The van der Waals surface area contributed by atoms with Crippen LogP contribution in [0.1, 0.15) is 16.6 Å². The number of aliphatic hydroxyl groups excluding tert-OH is 3. The number of imidazole rings is 1. The maximum absolute atomic E-state index is 12.9. The molecule has 1 aliphatic rings. The van der Waals surface area contributed by atoms with Gasteiger partial charge in [-0.25, -0.2) is 4.98 Å². The number of ether oxygens (including phenoxy) is 1. The molecule has 0 saturated carbocycles. The molecule has 2 aromatic heterocycles. The van der Waals surface area contributed by atoms with Gasteiger partial charge in [-0.05, 0) is 16.8 Å². The van der Waals surface area contributed by atoms with Crippen molar-refractivity contribution in [2.75, 3.05) is 11.9 Å². The predicted octanol–water partition coefficient (Wildman–Crippen LogP) is 0.137. The zero-order valence-corrected chi connectivity index (χ0v) is 16.5. The minimum atomic E-state index is -1.38. The number of hydrogen-bond acceptors (Lipinski definition) is 8. The summed E-state index contributed by atoms with van der Waals surface area (Å²) in [5, 5.41) is 33.9. The fourth-order valence-corrected chi connectivity index (χ4v) is 3.88. The van der Waals surface area contributed by atoms with Crippen molar-refractivity contribution in [2.45, 2.75) is 24.5 Å². The van der Waals surface area contributed by atoms with Gasteiger partial charge in [-0.15, -0.1) is 0 Å². The fraction of sp³-hybridized carbons (Fsp3) is 0.238. The van der Waals surface area contributed by atoms with Crippen LogP contribution in [0.25, 0.3) is 21.9 Å². The normalized spacial score (nSPS) is 23.1. The molecule has 32 heavy (non-hydrogen) atoms. The average Bonchev–Trinajstić information content (AvgIpc) is 3.34. The fourth-order valence-electron chi connectivity index (χ4n) is 3.88. The van der Waals surface area contributed by atoms with Gasteiger partial charge in [-0.1, -0.05) is 36.4 Å². The first-order valence-electron chi connectivity index (χ1n) is 9.86. The van der Waals surface area contributed by atoms with E-state index < -0.39 is 42.6 Å². The quantitative estimate of drug-likeness (QED) is 0.301. The van der Waals surface area contributed by atoms with E-state index >= 15 is 0 Å². The zero-order chi connectivity index (χ0) is 22.4. The molecule has 1 saturated heterocycles. The summed E-state index contributed by atoms with van der Waals surface area (Å²) in [5.41, 5.74) is -0.195. The molecule has 2 aromatic carbocycles. The van der Waals surface area contributed by atoms with E-state index in [0.717, 1.165) is 10.8 Å². The lowest BCUT2D eigenvalue weighted by atomic mass is 10.0. The predicted molar refractivity (Wildman–Crippen MR) is 113 cm³/mol. The van der Waals surface area contributed by atoms with Crippen LogP contribution in [-0.2, 0) is 4.74 Å². The highest BCUT2D eigenvalue weighted by atomic mass is 16.6. The molecule has 0 bridgehead atoms. The second-order valence-corrected chi connectivity index (χ2v) is 7.45. The Bertz CT molecular complexity index is 1380. The number of amides is 1. The first kappa shape index (κ1) is 20.3. The van der Waals surface area contributed by atoms with Crippen molar-refractivity contribution < 1.29 is 24.9 Å². The average molecular weight is 437 g/mol. The minimum Gasteiger partial charge on any atom is -0.394 e. The molecule has 5 rings (SSSR count). The van der Waals surface area contributed by atoms with Gasteiger partial charge in [0.1, 0.15) is 18.3 Å². The van der Waals surface area contributed by atoms with Crippen molar-refractivity contribution in [1.29, 1.82) is 0 Å². The number of nitrogens with zero attached hydrogens (tertiary/aromatic N) is 3. The van der Waals surface area contributed by atoms with Crippen LogP contribution in [-0.4, -0.2) is 65.7 Å². The Morgan fingerprint density at radius 3 is 2.72 bits per heavy atom. The summed E-state index contributed by atoms with van der Waals surface area (Å²) in [5.74, 6) is -0.586. The first-order chi connectivity index (χ1) is 15.5. The van der Waals surface area contributed by atoms with Crippen molar-refractivity contribution in [2.24, 2.45) is 0 Å². The van der Waals surface area contributed by atoms with Crippen LogP contribution < -0.4 is 10.9 Å². The van der Waals surface area contributed by atoms with E-state index in [1.165, 1.54) is 10.9 Å². The molecule has 0 spiro atoms. The molecule has 0 radical (unpaired) electrons. The molecule has 1 aliphatic heterocycles. The summed E-state index contributed by atoms with van der Waals surface area (Å²) in [6.45, 7) is -0.498. The Morgan fingerprint density at radius 1 is 1.16 bits per heavy atom. The van der Waals surface area contributed by atoms with Crippen molar-refractivity contribution in [3.63, 3.8) is 0 Å². The van der Waals surface area contributed by atoms with Crippen LogP contribution >= 0.6 is 0 Å². The van der Waals surface area contributed by atoms with E-state index in [0.29, 0.717) is 5.56 Å². The minimum absolute atomic E-state index is 0.0362. The number of anilines is 1. The third-order valence-corrected chi connectivity index (χ3v) is 5.49. The maximum atomic E-state index is 12.9. The summed E-state index contributed by atoms with van der Waals surface area (Å²) in [6, 6.07) is 12.7. The standard InChI is InChI=1S/C21H19N5O6/c27-8-13-15(28)16(29)20(32-13)26-9-22-14-17(26)23-21(25-19(14)31)24-18(30)12-7-3-5-10-4-1-2-6-11(10)12/h1-7,9,13,15-16,20,27-29H,8H2,(H2,23,24,25,30,31). The molecule has 4 unspecified atom stereocenters. The van der Waals surface area contributed by atoms with Crippen molar-refractivity contribution in [3.05, 3.63) is 64.7 Å². The number of rotatable bonds is 4. The lowest BCUT2D eigenvalue weighted by Gasteiger charge is -2.16. The Labute approximate surface area is 179 Å². The number of aromatic nitrogens is 4. The lowest BCUT2D eigenvalue weighted by molar-refractivity contribution is -0.0511. The van der Waals surface area contributed by atoms with E-state index in [2.05, 4.69) is 20.3 Å². The monoisotopic (exact) mass is 437 g/mol. The van der Waals surface area contributed by atoms with Crippen LogP contribution in [0.4, 0.5) is 5.95 Å². The molecule has 5 N–H and O–H groups in total. The van der Waals surface area contributed by atoms with Crippen LogP contribution in [0.5, 0.6) is 0 Å². The van der Waals surface area contributed by atoms with Gasteiger partial charge in [-0.2, -0.15) is 4.98 Å². The van der Waals surface area contributed by atoms with Crippen LogP contribution in [0.15, 0.2) is 53.6 Å². The number of carbonyl (C=O) groups is 1. The van der Waals surface area contributed by atoms with Gasteiger partial charge >= 0.3 is 0 Å². The van der Waals surface area contributed by atoms with Gasteiger partial charge in [-0.3, -0.25) is 24.5 Å². The Hall–Kier alpha value is -3.64. The second kappa shape index (κ2) is 7.80. The van der Waals surface area contributed by atoms with Crippen LogP contribution in [0.3, 0.4) is 0 Å². The molecule has 4 atom stereocenters. The maximum Gasteiger partial charge on any atom is 0.280 e. The van der Waals surface area contributed by atoms with Gasteiger partial charge in [0, 0.05) is 5.56 Å². The molecular formula is C21H19N5O6. The number of benzene rings is 2. The summed E-state index contributed by atoms with van der Waals surface area (Å²) in [4.78, 5) is 36.2. The molecule has 3 heterocycles. The number of H-pyrrole nitrogens is 1. The highest BCUT2D eigenvalue weighted by Gasteiger charge is 2.44. The number of fused-ring (bicyclic) bond motifs is 2. The van der Waals surface area contributed by atoms with Crippen LogP contribution in [0, 0.1) is 0 Å². The largest absolute Gasteiger partial charge is 0.394 e.